The number of Topliss-reactive ketones (excluding diaryl/α,β-unsaturated/α-hetero) is 1. The summed E-state index contributed by atoms with van der Waals surface area (Å²) >= 11 is 0. The van der Waals surface area contributed by atoms with E-state index in [0.717, 1.165) is 0 Å². The molecule has 0 aliphatic carbocycles. The summed E-state index contributed by atoms with van der Waals surface area (Å²) in [6.07, 6.45) is 0.727. The van der Waals surface area contributed by atoms with E-state index in [1.54, 1.807) is 6.92 Å². The Bertz CT molecular complexity index is 117. The molecule has 0 saturated carbocycles. The van der Waals surface area contributed by atoms with E-state index in [1.807, 2.05) is 0 Å². The molecule has 0 aliphatic heterocycles. The maximum atomic E-state index is 10.6. The first-order valence-corrected chi connectivity index (χ1v) is 3.15. The Morgan fingerprint density at radius 1 is 1.40 bits per heavy atom. The molecular weight excluding hydrogens is 134 g/mol. The van der Waals surface area contributed by atoms with Crippen molar-refractivity contribution in [1.29, 1.82) is 0 Å². The van der Waals surface area contributed by atoms with Gasteiger partial charge >= 0.3 is 0 Å². The van der Waals surface area contributed by atoms with Gasteiger partial charge in [0.05, 0.1) is 0 Å². The second-order valence-electron chi connectivity index (χ2n) is 1.93. The van der Waals surface area contributed by atoms with Gasteiger partial charge in [-0.05, 0) is 0 Å². The molecule has 0 saturated heterocycles. The number of nitrogens with one attached hydrogen (secondary N) is 1. The third-order valence-electron chi connectivity index (χ3n) is 1.15. The van der Waals surface area contributed by atoms with E-state index in [2.05, 4.69) is 0 Å². The number of amides is 1. The molecule has 0 aromatic heterocycles. The topological polar surface area (TPSA) is 66.4 Å². The molecule has 0 atom stereocenters. The van der Waals surface area contributed by atoms with Crippen LogP contribution in [0, 0.1) is 0 Å². The van der Waals surface area contributed by atoms with E-state index >= 15 is 0 Å². The van der Waals surface area contributed by atoms with Crippen molar-refractivity contribution < 1.29 is 14.8 Å². The van der Waals surface area contributed by atoms with Gasteiger partial charge in [-0.15, -0.1) is 0 Å². The first kappa shape index (κ1) is 9.10. The summed E-state index contributed by atoms with van der Waals surface area (Å²) in [5, 5.41) is 8.01. The number of ketones is 1. The van der Waals surface area contributed by atoms with Crippen LogP contribution in [0.4, 0.5) is 0 Å². The number of rotatable bonds is 4. The minimum absolute atomic E-state index is 0.0311. The third kappa shape index (κ3) is 4.03. The number of hydrogen-bond acceptors (Lipinski definition) is 3. The van der Waals surface area contributed by atoms with E-state index in [1.165, 1.54) is 5.48 Å². The van der Waals surface area contributed by atoms with Gasteiger partial charge in [0, 0.05) is 19.3 Å². The Kier molecular flexibility index (Phi) is 4.49. The molecule has 0 aromatic carbocycles. The van der Waals surface area contributed by atoms with E-state index in [4.69, 9.17) is 5.21 Å². The highest BCUT2D eigenvalue weighted by molar-refractivity contribution is 5.84. The lowest BCUT2D eigenvalue weighted by atomic mass is 10.2. The van der Waals surface area contributed by atoms with Crippen molar-refractivity contribution >= 4 is 11.7 Å². The largest absolute Gasteiger partial charge is 0.300 e. The molecule has 1 amide bonds. The smallest absolute Gasteiger partial charge is 0.243 e. The van der Waals surface area contributed by atoms with E-state index in [-0.39, 0.29) is 18.6 Å². The van der Waals surface area contributed by atoms with E-state index < -0.39 is 5.91 Å². The molecule has 2 N–H and O–H groups in total. The van der Waals surface area contributed by atoms with Crippen molar-refractivity contribution in [1.82, 2.24) is 5.48 Å². The standard InChI is InChI=1S/C6H11NO3/c1-2-5(8)3-4-6(9)7-10/h10H,2-4H2,1H3,(H,7,9). The van der Waals surface area contributed by atoms with Crippen molar-refractivity contribution in [2.45, 2.75) is 26.2 Å². The van der Waals surface area contributed by atoms with Crippen LogP contribution in [0.1, 0.15) is 26.2 Å². The average Bonchev–Trinajstić information content (AvgIpc) is 1.99. The fourth-order valence-electron chi connectivity index (χ4n) is 0.486. The van der Waals surface area contributed by atoms with Crippen LogP contribution in [0.25, 0.3) is 0 Å². The van der Waals surface area contributed by atoms with Gasteiger partial charge in [0.1, 0.15) is 5.78 Å². The summed E-state index contributed by atoms with van der Waals surface area (Å²) < 4.78 is 0. The second-order valence-corrected chi connectivity index (χ2v) is 1.93. The van der Waals surface area contributed by atoms with Gasteiger partial charge in [0.15, 0.2) is 0 Å². The molecule has 0 unspecified atom stereocenters. The molecule has 0 fully saturated rings. The molecular formula is C6H11NO3. The summed E-state index contributed by atoms with van der Waals surface area (Å²) in [6, 6.07) is 0. The van der Waals surface area contributed by atoms with Crippen molar-refractivity contribution in [3.8, 4) is 0 Å². The lowest BCUT2D eigenvalue weighted by Crippen LogP contribution is -2.19. The Morgan fingerprint density at radius 2 is 2.00 bits per heavy atom. The molecule has 0 heterocycles. The minimum Gasteiger partial charge on any atom is -0.300 e. The fourth-order valence-corrected chi connectivity index (χ4v) is 0.486. The molecule has 10 heavy (non-hydrogen) atoms. The average molecular weight is 145 g/mol. The zero-order valence-corrected chi connectivity index (χ0v) is 5.89. The highest BCUT2D eigenvalue weighted by Crippen LogP contribution is 1.93. The Hall–Kier alpha value is -0.900. The van der Waals surface area contributed by atoms with Crippen LogP contribution in [-0.4, -0.2) is 16.9 Å². The van der Waals surface area contributed by atoms with Crippen LogP contribution in [0.5, 0.6) is 0 Å². The highest BCUT2D eigenvalue weighted by Gasteiger charge is 2.02. The molecule has 0 spiro atoms. The Balaban J connectivity index is 3.35. The van der Waals surface area contributed by atoms with Crippen molar-refractivity contribution in [3.05, 3.63) is 0 Å². The van der Waals surface area contributed by atoms with Crippen molar-refractivity contribution in [3.63, 3.8) is 0 Å². The number of hydroxylamine groups is 1. The summed E-state index contributed by atoms with van der Waals surface area (Å²) in [7, 11) is 0. The number of hydrogen-bond donors (Lipinski definition) is 2. The summed E-state index contributed by atoms with van der Waals surface area (Å²) in [5.74, 6) is -0.481. The summed E-state index contributed by atoms with van der Waals surface area (Å²) in [4.78, 5) is 20.9. The van der Waals surface area contributed by atoms with Crippen LogP contribution in [-0.2, 0) is 9.59 Å². The summed E-state index contributed by atoms with van der Waals surface area (Å²) in [6.45, 7) is 1.74. The number of carbonyl (C=O) groups is 2. The first-order chi connectivity index (χ1) is 4.70. The second kappa shape index (κ2) is 4.93. The molecule has 0 rings (SSSR count). The van der Waals surface area contributed by atoms with Gasteiger partial charge in [-0.25, -0.2) is 5.48 Å². The zero-order valence-electron chi connectivity index (χ0n) is 5.89. The molecule has 4 heteroatoms. The van der Waals surface area contributed by atoms with Crippen LogP contribution < -0.4 is 5.48 Å². The van der Waals surface area contributed by atoms with Crippen LogP contribution in [0.15, 0.2) is 0 Å². The lowest BCUT2D eigenvalue weighted by Gasteiger charge is -1.95. The molecule has 4 nitrogen and oxygen atoms in total. The van der Waals surface area contributed by atoms with Gasteiger partial charge in [0.2, 0.25) is 5.91 Å². The maximum absolute atomic E-state index is 10.6. The van der Waals surface area contributed by atoms with Crippen LogP contribution in [0.2, 0.25) is 0 Å². The molecule has 58 valence electrons. The van der Waals surface area contributed by atoms with Gasteiger partial charge in [-0.3, -0.25) is 14.8 Å². The summed E-state index contributed by atoms with van der Waals surface area (Å²) in [5.41, 5.74) is 1.45. The SMILES string of the molecule is CCC(=O)CCC(=O)NO. The maximum Gasteiger partial charge on any atom is 0.243 e. The normalized spacial score (nSPS) is 9.00. The van der Waals surface area contributed by atoms with Gasteiger partial charge in [-0.2, -0.15) is 0 Å². The predicted molar refractivity (Wildman–Crippen MR) is 34.5 cm³/mol. The van der Waals surface area contributed by atoms with Gasteiger partial charge < -0.3 is 0 Å². The van der Waals surface area contributed by atoms with Gasteiger partial charge in [-0.1, -0.05) is 6.92 Å². The van der Waals surface area contributed by atoms with Crippen molar-refractivity contribution in [2.75, 3.05) is 0 Å². The zero-order chi connectivity index (χ0) is 7.98. The highest BCUT2D eigenvalue weighted by atomic mass is 16.5. The Labute approximate surface area is 59.2 Å². The molecule has 0 bridgehead atoms. The first-order valence-electron chi connectivity index (χ1n) is 3.15. The van der Waals surface area contributed by atoms with E-state index in [9.17, 15) is 9.59 Å². The number of carbonyl (C=O) groups excluding carboxylic acids is 2. The third-order valence-corrected chi connectivity index (χ3v) is 1.15. The van der Waals surface area contributed by atoms with E-state index in [0.29, 0.717) is 6.42 Å². The lowest BCUT2D eigenvalue weighted by molar-refractivity contribution is -0.131. The Morgan fingerprint density at radius 3 is 2.40 bits per heavy atom. The van der Waals surface area contributed by atoms with Crippen molar-refractivity contribution in [2.24, 2.45) is 0 Å². The van der Waals surface area contributed by atoms with Crippen LogP contribution in [0.3, 0.4) is 0 Å². The molecule has 0 aliphatic rings. The quantitative estimate of drug-likeness (QED) is 0.440. The molecule has 0 aromatic rings. The monoisotopic (exact) mass is 145 g/mol. The fraction of sp³-hybridized carbons (Fsp3) is 0.667. The predicted octanol–water partition coefficient (Wildman–Crippen LogP) is 0.251. The van der Waals surface area contributed by atoms with Crippen LogP contribution >= 0.6 is 0 Å². The molecule has 0 radical (unpaired) electrons. The minimum atomic E-state index is -0.512. The van der Waals surface area contributed by atoms with Gasteiger partial charge in [0.25, 0.3) is 0 Å².